The van der Waals surface area contributed by atoms with E-state index in [1.165, 1.54) is 4.70 Å². The quantitative estimate of drug-likeness (QED) is 0.569. The Labute approximate surface area is 137 Å². The number of para-hydroxylation sites is 1. The topological polar surface area (TPSA) is 55.1 Å². The number of hydrogen-bond donors (Lipinski definition) is 0. The second kappa shape index (κ2) is 5.81. The number of anilines is 1. The van der Waals surface area contributed by atoms with Gasteiger partial charge in [0.25, 0.3) is 11.8 Å². The van der Waals surface area contributed by atoms with Crippen LogP contribution < -0.4 is 4.90 Å². The van der Waals surface area contributed by atoms with Crippen LogP contribution in [0.2, 0.25) is 0 Å². The number of thiazole rings is 1. The molecule has 114 valence electrons. The number of fused-ring (bicyclic) bond motifs is 1. The lowest BCUT2D eigenvalue weighted by molar-refractivity contribution is 0.430. The van der Waals surface area contributed by atoms with Crippen LogP contribution in [0.1, 0.15) is 5.01 Å². The van der Waals surface area contributed by atoms with E-state index in [-0.39, 0.29) is 0 Å². The molecule has 0 atom stereocenters. The van der Waals surface area contributed by atoms with Gasteiger partial charge in [0.05, 0.1) is 16.8 Å². The Bertz CT molecular complexity index is 899. The van der Waals surface area contributed by atoms with E-state index in [0.717, 1.165) is 16.1 Å². The fourth-order valence-corrected chi connectivity index (χ4v) is 3.35. The van der Waals surface area contributed by atoms with Crippen molar-refractivity contribution < 1.29 is 4.52 Å². The molecule has 0 aliphatic heterocycles. The third kappa shape index (κ3) is 2.80. The molecule has 0 saturated heterocycles. The second-order valence-corrected chi connectivity index (χ2v) is 6.31. The van der Waals surface area contributed by atoms with Crippen molar-refractivity contribution in [3.8, 4) is 11.5 Å². The van der Waals surface area contributed by atoms with Crippen molar-refractivity contribution in [3.63, 3.8) is 0 Å². The molecule has 0 aliphatic rings. The van der Waals surface area contributed by atoms with E-state index in [9.17, 15) is 0 Å². The summed E-state index contributed by atoms with van der Waals surface area (Å²) in [5.41, 5.74) is 1.94. The smallest absolute Gasteiger partial charge is 0.266 e. The van der Waals surface area contributed by atoms with Gasteiger partial charge in [-0.1, -0.05) is 30.3 Å². The molecule has 4 aromatic rings. The Balaban J connectivity index is 1.55. The summed E-state index contributed by atoms with van der Waals surface area (Å²) >= 11 is 1.68. The Morgan fingerprint density at radius 2 is 1.78 bits per heavy atom. The maximum Gasteiger partial charge on any atom is 0.266 e. The van der Waals surface area contributed by atoms with Crippen LogP contribution in [0.5, 0.6) is 0 Å². The molecule has 6 heteroatoms. The largest absolute Gasteiger partial charge is 0.334 e. The summed E-state index contributed by atoms with van der Waals surface area (Å²) in [6.45, 7) is 0.646. The molecule has 0 unspecified atom stereocenters. The maximum absolute atomic E-state index is 5.35. The molecule has 0 bridgehead atoms. The van der Waals surface area contributed by atoms with Crippen LogP contribution >= 0.6 is 11.3 Å². The molecule has 5 nitrogen and oxygen atoms in total. The van der Waals surface area contributed by atoms with Gasteiger partial charge in [-0.2, -0.15) is 4.98 Å². The van der Waals surface area contributed by atoms with E-state index in [2.05, 4.69) is 21.2 Å². The Hall–Kier alpha value is -2.73. The number of aromatic nitrogens is 3. The third-order valence-corrected chi connectivity index (χ3v) is 4.51. The van der Waals surface area contributed by atoms with E-state index in [0.29, 0.717) is 18.4 Å². The number of rotatable bonds is 4. The SMILES string of the molecule is CN(Cc1nc2ccccc2s1)c1noc(-c2ccccc2)n1. The molecule has 0 N–H and O–H groups in total. The molecule has 4 rings (SSSR count). The first-order valence-corrected chi connectivity index (χ1v) is 8.06. The molecule has 0 saturated carbocycles. The van der Waals surface area contributed by atoms with Crippen LogP contribution in [-0.2, 0) is 6.54 Å². The predicted molar refractivity (Wildman–Crippen MR) is 91.5 cm³/mol. The van der Waals surface area contributed by atoms with Gasteiger partial charge in [0.15, 0.2) is 0 Å². The molecule has 23 heavy (non-hydrogen) atoms. The van der Waals surface area contributed by atoms with Crippen molar-refractivity contribution in [3.05, 3.63) is 59.6 Å². The Morgan fingerprint density at radius 3 is 2.61 bits per heavy atom. The number of benzene rings is 2. The van der Waals surface area contributed by atoms with Gasteiger partial charge in [-0.3, -0.25) is 0 Å². The fourth-order valence-electron chi connectivity index (χ4n) is 2.33. The zero-order chi connectivity index (χ0) is 15.6. The lowest BCUT2D eigenvalue weighted by atomic mass is 10.2. The standard InChI is InChI=1S/C17H14N4OS/c1-21(11-15-18-13-9-5-6-10-14(13)23-15)17-19-16(22-20-17)12-7-3-2-4-8-12/h2-10H,11H2,1H3. The minimum absolute atomic E-state index is 0.525. The summed E-state index contributed by atoms with van der Waals surface area (Å²) in [5, 5.41) is 5.09. The van der Waals surface area contributed by atoms with Gasteiger partial charge >= 0.3 is 0 Å². The number of nitrogens with zero attached hydrogens (tertiary/aromatic N) is 4. The minimum Gasteiger partial charge on any atom is -0.334 e. The average molecular weight is 322 g/mol. The second-order valence-electron chi connectivity index (χ2n) is 5.20. The van der Waals surface area contributed by atoms with Crippen molar-refractivity contribution in [1.29, 1.82) is 0 Å². The normalized spacial score (nSPS) is 11.0. The van der Waals surface area contributed by atoms with Crippen LogP contribution in [0.3, 0.4) is 0 Å². The first kappa shape index (κ1) is 13.9. The van der Waals surface area contributed by atoms with Crippen molar-refractivity contribution in [1.82, 2.24) is 15.1 Å². The molecule has 2 heterocycles. The highest BCUT2D eigenvalue weighted by Crippen LogP contribution is 2.24. The van der Waals surface area contributed by atoms with E-state index < -0.39 is 0 Å². The van der Waals surface area contributed by atoms with E-state index >= 15 is 0 Å². The minimum atomic E-state index is 0.525. The summed E-state index contributed by atoms with van der Waals surface area (Å²) in [7, 11) is 1.94. The highest BCUT2D eigenvalue weighted by molar-refractivity contribution is 7.18. The third-order valence-electron chi connectivity index (χ3n) is 3.49. The van der Waals surface area contributed by atoms with Gasteiger partial charge in [0, 0.05) is 12.6 Å². The monoisotopic (exact) mass is 322 g/mol. The molecule has 0 fully saturated rings. The van der Waals surface area contributed by atoms with Crippen LogP contribution in [-0.4, -0.2) is 22.2 Å². The molecule has 0 spiro atoms. The van der Waals surface area contributed by atoms with E-state index in [1.54, 1.807) is 11.3 Å². The zero-order valence-corrected chi connectivity index (χ0v) is 13.3. The molecule has 2 aromatic carbocycles. The summed E-state index contributed by atoms with van der Waals surface area (Å²) in [5.74, 6) is 1.08. The van der Waals surface area contributed by atoms with Gasteiger partial charge < -0.3 is 9.42 Å². The van der Waals surface area contributed by atoms with Crippen LogP contribution in [0, 0.1) is 0 Å². The molecular formula is C17H14N4OS. The van der Waals surface area contributed by atoms with Gasteiger partial charge in [0.1, 0.15) is 5.01 Å². The van der Waals surface area contributed by atoms with E-state index in [4.69, 9.17) is 4.52 Å². The molecule has 0 radical (unpaired) electrons. The van der Waals surface area contributed by atoms with Crippen molar-refractivity contribution in [2.75, 3.05) is 11.9 Å². The fraction of sp³-hybridized carbons (Fsp3) is 0.118. The lowest BCUT2D eigenvalue weighted by Gasteiger charge is -2.11. The lowest BCUT2D eigenvalue weighted by Crippen LogP contribution is -2.17. The van der Waals surface area contributed by atoms with Gasteiger partial charge in [-0.15, -0.1) is 11.3 Å². The Morgan fingerprint density at radius 1 is 1.00 bits per heavy atom. The van der Waals surface area contributed by atoms with Crippen molar-refractivity contribution >= 4 is 27.5 Å². The summed E-state index contributed by atoms with van der Waals surface area (Å²) in [4.78, 5) is 11.0. The summed E-state index contributed by atoms with van der Waals surface area (Å²) < 4.78 is 6.54. The van der Waals surface area contributed by atoms with Gasteiger partial charge in [-0.05, 0) is 29.4 Å². The van der Waals surface area contributed by atoms with Crippen LogP contribution in [0.25, 0.3) is 21.7 Å². The van der Waals surface area contributed by atoms with Crippen LogP contribution in [0.4, 0.5) is 5.95 Å². The summed E-state index contributed by atoms with van der Waals surface area (Å²) in [6, 6.07) is 17.9. The van der Waals surface area contributed by atoms with E-state index in [1.807, 2.05) is 60.5 Å². The van der Waals surface area contributed by atoms with Gasteiger partial charge in [0.2, 0.25) is 0 Å². The molecule has 0 aliphatic carbocycles. The number of hydrogen-bond acceptors (Lipinski definition) is 6. The highest BCUT2D eigenvalue weighted by Gasteiger charge is 2.14. The zero-order valence-electron chi connectivity index (χ0n) is 12.5. The Kier molecular flexibility index (Phi) is 3.51. The van der Waals surface area contributed by atoms with Crippen molar-refractivity contribution in [2.45, 2.75) is 6.54 Å². The first-order chi connectivity index (χ1) is 11.3. The van der Waals surface area contributed by atoms with Gasteiger partial charge in [-0.25, -0.2) is 4.98 Å². The summed E-state index contributed by atoms with van der Waals surface area (Å²) in [6.07, 6.45) is 0. The predicted octanol–water partition coefficient (Wildman–Crippen LogP) is 3.98. The maximum atomic E-state index is 5.35. The first-order valence-electron chi connectivity index (χ1n) is 7.24. The molecule has 0 amide bonds. The molecule has 2 aromatic heterocycles. The highest BCUT2D eigenvalue weighted by atomic mass is 32.1. The molecular weight excluding hydrogens is 308 g/mol. The van der Waals surface area contributed by atoms with Crippen molar-refractivity contribution in [2.24, 2.45) is 0 Å². The average Bonchev–Trinajstić information content (AvgIpc) is 3.22. The van der Waals surface area contributed by atoms with Crippen LogP contribution in [0.15, 0.2) is 59.1 Å².